The van der Waals surface area contributed by atoms with Crippen molar-refractivity contribution in [3.63, 3.8) is 0 Å². The average molecular weight is 366 g/mol. The van der Waals surface area contributed by atoms with Crippen LogP contribution < -0.4 is 5.69 Å². The molecular weight excluding hydrogens is 340 g/mol. The van der Waals surface area contributed by atoms with E-state index in [0.717, 1.165) is 44.0 Å². The molecular formula is C20H26N6O. The van der Waals surface area contributed by atoms with Crippen molar-refractivity contribution in [3.05, 3.63) is 64.6 Å². The maximum Gasteiger partial charge on any atom is 0.345 e. The largest absolute Gasteiger partial charge is 0.345 e. The lowest BCUT2D eigenvalue weighted by atomic mass is 9.96. The van der Waals surface area contributed by atoms with Gasteiger partial charge in [0.2, 0.25) is 0 Å². The molecule has 1 fully saturated rings. The fraction of sp³-hybridized carbons (Fsp3) is 0.450. The van der Waals surface area contributed by atoms with Crippen LogP contribution in [0.2, 0.25) is 0 Å². The molecule has 27 heavy (non-hydrogen) atoms. The highest BCUT2D eigenvalue weighted by molar-refractivity contribution is 5.32. The summed E-state index contributed by atoms with van der Waals surface area (Å²) in [5, 5.41) is 8.98. The molecule has 0 N–H and O–H groups in total. The Labute approximate surface area is 158 Å². The molecule has 0 unspecified atom stereocenters. The minimum atomic E-state index is -0.0123. The van der Waals surface area contributed by atoms with E-state index in [1.165, 1.54) is 10.4 Å². The van der Waals surface area contributed by atoms with Crippen LogP contribution in [0.3, 0.4) is 0 Å². The summed E-state index contributed by atoms with van der Waals surface area (Å²) in [5.74, 6) is 1.30. The van der Waals surface area contributed by atoms with Gasteiger partial charge in [-0.05, 0) is 51.1 Å². The number of likely N-dealkylation sites (tertiary alicyclic amines) is 1. The first kappa shape index (κ1) is 17.7. The van der Waals surface area contributed by atoms with Crippen LogP contribution in [0.5, 0.6) is 0 Å². The van der Waals surface area contributed by atoms with Gasteiger partial charge in [0.1, 0.15) is 5.82 Å². The molecule has 7 nitrogen and oxygen atoms in total. The second kappa shape index (κ2) is 7.52. The maximum absolute atomic E-state index is 12.2. The van der Waals surface area contributed by atoms with Crippen LogP contribution in [0.15, 0.2) is 47.4 Å². The zero-order chi connectivity index (χ0) is 18.8. The van der Waals surface area contributed by atoms with Gasteiger partial charge in [0, 0.05) is 32.3 Å². The number of para-hydroxylation sites is 1. The molecule has 142 valence electrons. The van der Waals surface area contributed by atoms with E-state index in [0.29, 0.717) is 12.5 Å². The van der Waals surface area contributed by atoms with Crippen molar-refractivity contribution in [2.45, 2.75) is 38.8 Å². The lowest BCUT2D eigenvalue weighted by Gasteiger charge is -2.31. The van der Waals surface area contributed by atoms with Gasteiger partial charge in [-0.2, -0.15) is 10.2 Å². The van der Waals surface area contributed by atoms with Gasteiger partial charge in [0.05, 0.1) is 11.4 Å². The minimum absolute atomic E-state index is 0.0123. The normalized spacial score (nSPS) is 16.1. The molecule has 3 aromatic rings. The summed E-state index contributed by atoms with van der Waals surface area (Å²) in [7, 11) is 1.73. The van der Waals surface area contributed by atoms with Crippen molar-refractivity contribution in [2.75, 3.05) is 13.1 Å². The summed E-state index contributed by atoms with van der Waals surface area (Å²) in [5.41, 5.74) is 2.28. The first-order valence-electron chi connectivity index (χ1n) is 9.61. The summed E-state index contributed by atoms with van der Waals surface area (Å²) >= 11 is 0. The van der Waals surface area contributed by atoms with Gasteiger partial charge in [-0.25, -0.2) is 14.2 Å². The minimum Gasteiger partial charge on any atom is -0.297 e. The third-order valence-corrected chi connectivity index (χ3v) is 5.41. The third-order valence-electron chi connectivity index (χ3n) is 5.41. The molecule has 0 aliphatic carbocycles. The number of hydrogen-bond donors (Lipinski definition) is 0. The van der Waals surface area contributed by atoms with Crippen LogP contribution in [0.25, 0.3) is 5.69 Å². The molecule has 0 amide bonds. The first-order valence-corrected chi connectivity index (χ1v) is 9.61. The molecule has 1 aromatic carbocycles. The number of aryl methyl sites for hydroxylation is 1. The number of hydrogen-bond acceptors (Lipinski definition) is 4. The zero-order valence-corrected chi connectivity index (χ0v) is 16.0. The van der Waals surface area contributed by atoms with Crippen LogP contribution in [0.4, 0.5) is 0 Å². The highest BCUT2D eigenvalue weighted by atomic mass is 16.2. The summed E-state index contributed by atoms with van der Waals surface area (Å²) in [6.07, 6.45) is 3.91. The molecule has 1 aliphatic rings. The van der Waals surface area contributed by atoms with Crippen molar-refractivity contribution >= 4 is 0 Å². The molecule has 7 heteroatoms. The molecule has 2 aromatic heterocycles. The van der Waals surface area contributed by atoms with Crippen LogP contribution in [0, 0.1) is 0 Å². The Bertz CT molecular complexity index is 947. The van der Waals surface area contributed by atoms with Crippen molar-refractivity contribution in [1.82, 2.24) is 29.0 Å². The van der Waals surface area contributed by atoms with Gasteiger partial charge < -0.3 is 0 Å². The fourth-order valence-electron chi connectivity index (χ4n) is 3.95. The highest BCUT2D eigenvalue weighted by Gasteiger charge is 2.26. The Morgan fingerprint density at radius 1 is 1.11 bits per heavy atom. The van der Waals surface area contributed by atoms with Gasteiger partial charge in [-0.15, -0.1) is 0 Å². The smallest absolute Gasteiger partial charge is 0.297 e. The van der Waals surface area contributed by atoms with Crippen LogP contribution in [-0.4, -0.2) is 42.1 Å². The number of piperidine rings is 1. The fourth-order valence-corrected chi connectivity index (χ4v) is 3.95. The van der Waals surface area contributed by atoms with E-state index < -0.39 is 0 Å². The topological polar surface area (TPSA) is 60.9 Å². The SMILES string of the molecule is CCn1c(C2CCN(Cc3ccnn3-c3ccccc3)CC2)nn(C)c1=O. The van der Waals surface area contributed by atoms with Crippen molar-refractivity contribution in [1.29, 1.82) is 0 Å². The van der Waals surface area contributed by atoms with E-state index >= 15 is 0 Å². The lowest BCUT2D eigenvalue weighted by Crippen LogP contribution is -2.34. The Hall–Kier alpha value is -2.67. The molecule has 1 aliphatic heterocycles. The van der Waals surface area contributed by atoms with E-state index in [2.05, 4.69) is 33.3 Å². The number of rotatable bonds is 5. The molecule has 0 saturated carbocycles. The quantitative estimate of drug-likeness (QED) is 0.694. The molecule has 3 heterocycles. The van der Waals surface area contributed by atoms with E-state index in [-0.39, 0.29) is 5.69 Å². The summed E-state index contributed by atoms with van der Waals surface area (Å²) in [6, 6.07) is 12.3. The van der Waals surface area contributed by atoms with Gasteiger partial charge in [0.25, 0.3) is 0 Å². The number of benzene rings is 1. The Balaban J connectivity index is 1.43. The summed E-state index contributed by atoms with van der Waals surface area (Å²) in [4.78, 5) is 14.6. The van der Waals surface area contributed by atoms with Crippen LogP contribution in [-0.2, 0) is 20.1 Å². The highest BCUT2D eigenvalue weighted by Crippen LogP contribution is 2.27. The molecule has 4 rings (SSSR count). The van der Waals surface area contributed by atoms with Crippen molar-refractivity contribution in [2.24, 2.45) is 7.05 Å². The first-order chi connectivity index (χ1) is 13.2. The van der Waals surface area contributed by atoms with E-state index in [1.54, 1.807) is 7.05 Å². The number of nitrogens with zero attached hydrogens (tertiary/aromatic N) is 6. The molecule has 0 spiro atoms. The predicted octanol–water partition coefficient (Wildman–Crippen LogP) is 2.17. The second-order valence-electron chi connectivity index (χ2n) is 7.13. The van der Waals surface area contributed by atoms with Gasteiger partial charge in [-0.3, -0.25) is 9.47 Å². The van der Waals surface area contributed by atoms with E-state index in [1.807, 2.05) is 40.6 Å². The second-order valence-corrected chi connectivity index (χ2v) is 7.13. The average Bonchev–Trinajstić information content (AvgIpc) is 3.27. The standard InChI is InChI=1S/C20H26N6O/c1-3-25-19(22-23(2)20(25)27)16-10-13-24(14-11-16)15-18-9-12-21-26(18)17-7-5-4-6-8-17/h4-9,12,16H,3,10-11,13-15H2,1-2H3. The monoisotopic (exact) mass is 366 g/mol. The zero-order valence-electron chi connectivity index (χ0n) is 16.0. The predicted molar refractivity (Wildman–Crippen MR) is 104 cm³/mol. The maximum atomic E-state index is 12.2. The molecule has 0 radical (unpaired) electrons. The lowest BCUT2D eigenvalue weighted by molar-refractivity contribution is 0.196. The number of aromatic nitrogens is 5. The van der Waals surface area contributed by atoms with Crippen molar-refractivity contribution in [3.8, 4) is 5.69 Å². The third kappa shape index (κ3) is 3.47. The molecule has 0 bridgehead atoms. The Morgan fingerprint density at radius 2 is 1.85 bits per heavy atom. The van der Waals surface area contributed by atoms with E-state index in [9.17, 15) is 4.79 Å². The van der Waals surface area contributed by atoms with Gasteiger partial charge >= 0.3 is 5.69 Å². The van der Waals surface area contributed by atoms with Crippen LogP contribution >= 0.6 is 0 Å². The van der Waals surface area contributed by atoms with Gasteiger partial charge in [-0.1, -0.05) is 18.2 Å². The van der Waals surface area contributed by atoms with Crippen LogP contribution in [0.1, 0.15) is 37.2 Å². The van der Waals surface area contributed by atoms with Crippen molar-refractivity contribution < 1.29 is 0 Å². The van der Waals surface area contributed by atoms with Gasteiger partial charge in [0.15, 0.2) is 0 Å². The summed E-state index contributed by atoms with van der Waals surface area (Å²) in [6.45, 7) is 5.56. The molecule has 1 saturated heterocycles. The molecule has 0 atom stereocenters. The Morgan fingerprint density at radius 3 is 2.56 bits per heavy atom. The summed E-state index contributed by atoms with van der Waals surface area (Å²) < 4.78 is 5.29. The Kier molecular flexibility index (Phi) is 4.94. The van der Waals surface area contributed by atoms with E-state index in [4.69, 9.17) is 0 Å².